The van der Waals surface area contributed by atoms with Gasteiger partial charge in [-0.15, -0.1) is 0 Å². The molecule has 0 saturated heterocycles. The van der Waals surface area contributed by atoms with E-state index in [9.17, 15) is 0 Å². The number of ether oxygens (including phenoxy) is 1. The van der Waals surface area contributed by atoms with Crippen molar-refractivity contribution in [3.05, 3.63) is 65.7 Å². The van der Waals surface area contributed by atoms with Crippen LogP contribution in [0.15, 0.2) is 54.6 Å². The fraction of sp³-hybridized carbons (Fsp3) is 0.250. The predicted octanol–water partition coefficient (Wildman–Crippen LogP) is 4.55. The molecule has 2 aromatic carbocycles. The first-order valence-electron chi connectivity index (χ1n) is 7.94. The highest BCUT2D eigenvalue weighted by molar-refractivity contribution is 6.25. The van der Waals surface area contributed by atoms with Gasteiger partial charge in [-0.25, -0.2) is 0 Å². The van der Waals surface area contributed by atoms with E-state index in [-0.39, 0.29) is 0 Å². The van der Waals surface area contributed by atoms with E-state index in [0.29, 0.717) is 5.84 Å². The third-order valence-corrected chi connectivity index (χ3v) is 3.85. The molecule has 0 aliphatic heterocycles. The van der Waals surface area contributed by atoms with Crippen molar-refractivity contribution < 1.29 is 4.74 Å². The van der Waals surface area contributed by atoms with Gasteiger partial charge in [0.05, 0.1) is 7.11 Å². The van der Waals surface area contributed by atoms with Crippen LogP contribution in [0, 0.1) is 5.41 Å². The van der Waals surface area contributed by atoms with Crippen LogP contribution in [0.2, 0.25) is 0 Å². The number of amidine groups is 1. The SMILES string of the molecule is CCN(CC)C(=N)/C(=C\c1ccccc1)c1ccc(OC)cc1. The maximum atomic E-state index is 8.61. The van der Waals surface area contributed by atoms with E-state index in [1.807, 2.05) is 42.5 Å². The lowest BCUT2D eigenvalue weighted by Gasteiger charge is -2.24. The van der Waals surface area contributed by atoms with Gasteiger partial charge < -0.3 is 9.64 Å². The fourth-order valence-electron chi connectivity index (χ4n) is 2.49. The monoisotopic (exact) mass is 308 g/mol. The molecule has 0 bridgehead atoms. The topological polar surface area (TPSA) is 36.3 Å². The average molecular weight is 308 g/mol. The highest BCUT2D eigenvalue weighted by Gasteiger charge is 2.13. The molecule has 0 radical (unpaired) electrons. The van der Waals surface area contributed by atoms with Gasteiger partial charge in [-0.1, -0.05) is 42.5 Å². The number of hydrogen-bond acceptors (Lipinski definition) is 2. The Hall–Kier alpha value is -2.55. The van der Waals surface area contributed by atoms with Crippen molar-refractivity contribution in [2.24, 2.45) is 0 Å². The van der Waals surface area contributed by atoms with Gasteiger partial charge in [0.15, 0.2) is 0 Å². The lowest BCUT2D eigenvalue weighted by Crippen LogP contribution is -2.30. The van der Waals surface area contributed by atoms with Gasteiger partial charge in [-0.05, 0) is 43.2 Å². The summed E-state index contributed by atoms with van der Waals surface area (Å²) < 4.78 is 5.23. The van der Waals surface area contributed by atoms with E-state index in [2.05, 4.69) is 37.0 Å². The molecule has 1 N–H and O–H groups in total. The van der Waals surface area contributed by atoms with E-state index < -0.39 is 0 Å². The number of rotatable bonds is 6. The van der Waals surface area contributed by atoms with Crippen molar-refractivity contribution in [2.45, 2.75) is 13.8 Å². The molecule has 0 aliphatic carbocycles. The van der Waals surface area contributed by atoms with Crippen molar-refractivity contribution in [1.82, 2.24) is 4.90 Å². The maximum Gasteiger partial charge on any atom is 0.128 e. The van der Waals surface area contributed by atoms with Crippen LogP contribution < -0.4 is 4.74 Å². The van der Waals surface area contributed by atoms with Gasteiger partial charge in [0, 0.05) is 18.7 Å². The first kappa shape index (κ1) is 16.8. The van der Waals surface area contributed by atoms with Crippen LogP contribution in [0.25, 0.3) is 11.6 Å². The minimum Gasteiger partial charge on any atom is -0.497 e. The third-order valence-electron chi connectivity index (χ3n) is 3.85. The molecular formula is C20H24N2O. The number of benzene rings is 2. The molecule has 0 aliphatic rings. The lowest BCUT2D eigenvalue weighted by molar-refractivity contribution is 0.415. The summed E-state index contributed by atoms with van der Waals surface area (Å²) in [6, 6.07) is 18.0. The highest BCUT2D eigenvalue weighted by atomic mass is 16.5. The summed E-state index contributed by atoms with van der Waals surface area (Å²) in [6.07, 6.45) is 2.07. The number of nitrogens with one attached hydrogen (secondary N) is 1. The first-order valence-corrected chi connectivity index (χ1v) is 7.94. The Bertz CT molecular complexity index is 656. The Balaban J connectivity index is 2.46. The molecule has 120 valence electrons. The molecule has 2 rings (SSSR count). The van der Waals surface area contributed by atoms with Crippen molar-refractivity contribution in [3.8, 4) is 5.75 Å². The summed E-state index contributed by atoms with van der Waals surface area (Å²) in [4.78, 5) is 2.05. The smallest absolute Gasteiger partial charge is 0.128 e. The van der Waals surface area contributed by atoms with Crippen molar-refractivity contribution in [3.63, 3.8) is 0 Å². The minimum atomic E-state index is 0.545. The summed E-state index contributed by atoms with van der Waals surface area (Å²) in [5.74, 6) is 1.37. The maximum absolute atomic E-state index is 8.61. The normalized spacial score (nSPS) is 11.2. The van der Waals surface area contributed by atoms with Gasteiger partial charge in [-0.3, -0.25) is 5.41 Å². The van der Waals surface area contributed by atoms with E-state index in [1.165, 1.54) is 0 Å². The van der Waals surface area contributed by atoms with E-state index in [1.54, 1.807) is 7.11 Å². The molecule has 0 fully saturated rings. The van der Waals surface area contributed by atoms with Crippen LogP contribution in [0.1, 0.15) is 25.0 Å². The summed E-state index contributed by atoms with van der Waals surface area (Å²) in [5, 5.41) is 8.61. The fourth-order valence-corrected chi connectivity index (χ4v) is 2.49. The van der Waals surface area contributed by atoms with Crippen LogP contribution in [0.3, 0.4) is 0 Å². The van der Waals surface area contributed by atoms with Gasteiger partial charge in [0.2, 0.25) is 0 Å². The van der Waals surface area contributed by atoms with Crippen LogP contribution in [0.5, 0.6) is 5.75 Å². The predicted molar refractivity (Wildman–Crippen MR) is 98.0 cm³/mol. The minimum absolute atomic E-state index is 0.545. The third kappa shape index (κ3) is 4.22. The summed E-state index contributed by atoms with van der Waals surface area (Å²) in [5.41, 5.74) is 3.03. The zero-order chi connectivity index (χ0) is 16.7. The Morgan fingerprint density at radius 2 is 1.61 bits per heavy atom. The zero-order valence-corrected chi connectivity index (χ0v) is 14.0. The Labute approximate surface area is 138 Å². The van der Waals surface area contributed by atoms with Gasteiger partial charge in [0.1, 0.15) is 11.6 Å². The Morgan fingerprint density at radius 1 is 1.00 bits per heavy atom. The quantitative estimate of drug-likeness (QED) is 0.482. The van der Waals surface area contributed by atoms with Crippen molar-refractivity contribution >= 4 is 17.5 Å². The Kier molecular flexibility index (Phi) is 5.98. The number of nitrogens with zero attached hydrogens (tertiary/aromatic N) is 1. The summed E-state index contributed by atoms with van der Waals surface area (Å²) in [7, 11) is 1.66. The molecule has 0 saturated carbocycles. The summed E-state index contributed by atoms with van der Waals surface area (Å²) in [6.45, 7) is 5.79. The number of likely N-dealkylation sites (N-methyl/N-ethyl adjacent to an activating group) is 1. The Morgan fingerprint density at radius 3 is 2.13 bits per heavy atom. The second-order valence-electron chi connectivity index (χ2n) is 5.22. The molecule has 3 heteroatoms. The van der Waals surface area contributed by atoms with Gasteiger partial charge >= 0.3 is 0 Å². The molecule has 2 aromatic rings. The van der Waals surface area contributed by atoms with E-state index in [0.717, 1.165) is 35.5 Å². The van der Waals surface area contributed by atoms with Crippen LogP contribution in [-0.2, 0) is 0 Å². The van der Waals surface area contributed by atoms with Gasteiger partial charge in [0.25, 0.3) is 0 Å². The lowest BCUT2D eigenvalue weighted by atomic mass is 10.0. The molecule has 0 aromatic heterocycles. The summed E-state index contributed by atoms with van der Waals surface area (Å²) >= 11 is 0. The largest absolute Gasteiger partial charge is 0.497 e. The molecule has 0 amide bonds. The first-order chi connectivity index (χ1) is 11.2. The molecule has 0 atom stereocenters. The van der Waals surface area contributed by atoms with Crippen molar-refractivity contribution in [1.29, 1.82) is 5.41 Å². The zero-order valence-electron chi connectivity index (χ0n) is 14.0. The number of methoxy groups -OCH3 is 1. The molecule has 23 heavy (non-hydrogen) atoms. The van der Waals surface area contributed by atoms with Crippen LogP contribution >= 0.6 is 0 Å². The van der Waals surface area contributed by atoms with E-state index >= 15 is 0 Å². The van der Waals surface area contributed by atoms with Crippen LogP contribution in [0.4, 0.5) is 0 Å². The van der Waals surface area contributed by atoms with Gasteiger partial charge in [-0.2, -0.15) is 0 Å². The molecular weight excluding hydrogens is 284 g/mol. The van der Waals surface area contributed by atoms with E-state index in [4.69, 9.17) is 10.1 Å². The molecule has 3 nitrogen and oxygen atoms in total. The average Bonchev–Trinajstić information content (AvgIpc) is 2.61. The number of hydrogen-bond donors (Lipinski definition) is 1. The second kappa shape index (κ2) is 8.18. The molecule has 0 unspecified atom stereocenters. The second-order valence-corrected chi connectivity index (χ2v) is 5.22. The molecule has 0 spiro atoms. The van der Waals surface area contributed by atoms with Crippen LogP contribution in [-0.4, -0.2) is 30.9 Å². The standard InChI is InChI=1S/C20H24N2O/c1-4-22(5-2)20(21)19(15-16-9-7-6-8-10-16)17-11-13-18(23-3)14-12-17/h6-15,21H,4-5H2,1-3H3/b19-15-,21-20?. The highest BCUT2D eigenvalue weighted by Crippen LogP contribution is 2.23. The van der Waals surface area contributed by atoms with Crippen molar-refractivity contribution in [2.75, 3.05) is 20.2 Å². The molecule has 0 heterocycles.